The van der Waals surface area contributed by atoms with Gasteiger partial charge in [0.1, 0.15) is 30.6 Å². The van der Waals surface area contributed by atoms with Gasteiger partial charge in [-0.05, 0) is 39.0 Å². The molecule has 0 radical (unpaired) electrons. The number of ether oxygens (including phenoxy) is 2. The number of rotatable bonds is 5. The van der Waals surface area contributed by atoms with Crippen LogP contribution in [0.2, 0.25) is 5.02 Å². The molecule has 0 bridgehead atoms. The molecule has 11 heteroatoms. The summed E-state index contributed by atoms with van der Waals surface area (Å²) in [7, 11) is 0. The summed E-state index contributed by atoms with van der Waals surface area (Å²) in [6, 6.07) is 7.24. The Bertz CT molecular complexity index is 816. The van der Waals surface area contributed by atoms with E-state index in [0.717, 1.165) is 5.69 Å². The van der Waals surface area contributed by atoms with Gasteiger partial charge in [-0.1, -0.05) is 11.6 Å². The van der Waals surface area contributed by atoms with Crippen molar-refractivity contribution in [2.75, 3.05) is 44.4 Å². The number of aliphatic imine (C=N–C) groups is 2. The summed E-state index contributed by atoms with van der Waals surface area (Å²) in [5.41, 5.74) is 0.176. The minimum atomic E-state index is -0.937. The Morgan fingerprint density at radius 3 is 2.43 bits per heavy atom. The molecule has 1 aliphatic rings. The molecule has 9 nitrogen and oxygen atoms in total. The number of alkyl halides is 1. The van der Waals surface area contributed by atoms with Gasteiger partial charge < -0.3 is 19.2 Å². The number of anilines is 1. The fourth-order valence-electron chi connectivity index (χ4n) is 2.51. The Balaban J connectivity index is 1.81. The molecule has 1 saturated heterocycles. The van der Waals surface area contributed by atoms with Gasteiger partial charge in [0, 0.05) is 18.8 Å². The first kappa shape index (κ1) is 23.6. The smallest absolute Gasteiger partial charge is 0.462 e. The van der Waals surface area contributed by atoms with E-state index in [1.165, 1.54) is 5.06 Å². The number of carbonyl (C=O) groups excluding carboxylic acids is 2. The number of hydroxylamine groups is 2. The second kappa shape index (κ2) is 10.9. The first-order valence-corrected chi connectivity index (χ1v) is 9.65. The topological polar surface area (TPSA) is 93.0 Å². The minimum absolute atomic E-state index is 0.0475. The van der Waals surface area contributed by atoms with Crippen molar-refractivity contribution >= 4 is 35.5 Å². The number of hydrogen-bond donors (Lipinski definition) is 0. The van der Waals surface area contributed by atoms with Crippen LogP contribution >= 0.6 is 11.6 Å². The largest absolute Gasteiger partial charge is 0.489 e. The van der Waals surface area contributed by atoms with E-state index in [0.29, 0.717) is 37.0 Å². The number of carbonyl (C=O) groups is 2. The molecule has 2 rings (SSSR count). The molecular weight excluding hydrogens is 419 g/mol. The first-order chi connectivity index (χ1) is 14.2. The van der Waals surface area contributed by atoms with Gasteiger partial charge in [0.25, 0.3) is 0 Å². The molecule has 0 aromatic heterocycles. The van der Waals surface area contributed by atoms with E-state index in [1.807, 2.05) is 12.1 Å². The zero-order valence-electron chi connectivity index (χ0n) is 17.1. The highest BCUT2D eigenvalue weighted by atomic mass is 35.5. The van der Waals surface area contributed by atoms with Crippen molar-refractivity contribution in [3.05, 3.63) is 23.2 Å². The molecule has 1 fully saturated rings. The van der Waals surface area contributed by atoms with E-state index in [1.54, 1.807) is 32.9 Å². The van der Waals surface area contributed by atoms with Crippen LogP contribution in [0.5, 0.6) is 5.75 Å². The van der Waals surface area contributed by atoms with Crippen molar-refractivity contribution in [2.45, 2.75) is 26.4 Å². The summed E-state index contributed by atoms with van der Waals surface area (Å²) in [5, 5.41) is 1.85. The fraction of sp³-hybridized carbons (Fsp3) is 0.526. The van der Waals surface area contributed by atoms with E-state index >= 15 is 0 Å². The van der Waals surface area contributed by atoms with Crippen molar-refractivity contribution < 1.29 is 28.3 Å². The molecule has 0 spiro atoms. The average molecular weight is 443 g/mol. The van der Waals surface area contributed by atoms with Gasteiger partial charge in [0.15, 0.2) is 0 Å². The number of benzene rings is 1. The Kier molecular flexibility index (Phi) is 8.58. The highest BCUT2D eigenvalue weighted by molar-refractivity contribution is 6.32. The van der Waals surface area contributed by atoms with Crippen LogP contribution in [0.25, 0.3) is 0 Å². The summed E-state index contributed by atoms with van der Waals surface area (Å²) >= 11 is 6.17. The third kappa shape index (κ3) is 7.98. The van der Waals surface area contributed by atoms with E-state index in [2.05, 4.69) is 14.9 Å². The van der Waals surface area contributed by atoms with E-state index < -0.39 is 24.5 Å². The lowest BCUT2D eigenvalue weighted by Crippen LogP contribution is -2.46. The second-order valence-electron chi connectivity index (χ2n) is 7.23. The maximum absolute atomic E-state index is 12.2. The third-order valence-electron chi connectivity index (χ3n) is 3.74. The van der Waals surface area contributed by atoms with Gasteiger partial charge >= 0.3 is 12.2 Å². The van der Waals surface area contributed by atoms with Gasteiger partial charge in [-0.15, -0.1) is 15.0 Å². The molecule has 30 heavy (non-hydrogen) atoms. The monoisotopic (exact) mass is 442 g/mol. The van der Waals surface area contributed by atoms with E-state index in [9.17, 15) is 14.0 Å². The maximum Gasteiger partial charge on any atom is 0.462 e. The molecule has 0 saturated carbocycles. The van der Waals surface area contributed by atoms with Crippen LogP contribution in [0.15, 0.2) is 28.2 Å². The zero-order valence-corrected chi connectivity index (χ0v) is 17.8. The van der Waals surface area contributed by atoms with Crippen LogP contribution < -0.4 is 9.64 Å². The Morgan fingerprint density at radius 1 is 1.17 bits per heavy atom. The molecule has 0 N–H and O–H groups in total. The number of hydrogen-bond acceptors (Lipinski definition) is 7. The normalized spacial score (nSPS) is 14.5. The summed E-state index contributed by atoms with van der Waals surface area (Å²) in [6.45, 7) is 6.44. The van der Waals surface area contributed by atoms with Crippen molar-refractivity contribution in [1.82, 2.24) is 5.06 Å². The molecule has 1 heterocycles. The molecule has 1 aliphatic heterocycles. The fourth-order valence-corrected chi connectivity index (χ4v) is 2.74. The zero-order chi connectivity index (χ0) is 22.1. The Morgan fingerprint density at radius 2 is 1.83 bits per heavy atom. The predicted molar refractivity (Wildman–Crippen MR) is 109 cm³/mol. The standard InChI is InChI=1S/C19H24ClFN4O5/c1-19(2,3)29-17(26)22-13-23-18(27)30-25-9-7-24(8-10-25)14-4-5-16(15(20)12-14)28-11-6-21/h4-5,12H,6-11H2,1-3H3. The van der Waals surface area contributed by atoms with Crippen LogP contribution in [-0.2, 0) is 9.57 Å². The lowest BCUT2D eigenvalue weighted by atomic mass is 10.2. The summed E-state index contributed by atoms with van der Waals surface area (Å²) in [4.78, 5) is 36.9. The van der Waals surface area contributed by atoms with Crippen LogP contribution in [0, 0.1) is 0 Å². The van der Waals surface area contributed by atoms with Gasteiger partial charge in [0.2, 0.25) is 0 Å². The van der Waals surface area contributed by atoms with Gasteiger partial charge in [-0.3, -0.25) is 0 Å². The van der Waals surface area contributed by atoms with E-state index in [4.69, 9.17) is 25.9 Å². The van der Waals surface area contributed by atoms with Gasteiger partial charge in [0.05, 0.1) is 18.1 Å². The lowest BCUT2D eigenvalue weighted by molar-refractivity contribution is -0.0983. The number of amides is 2. The van der Waals surface area contributed by atoms with Gasteiger partial charge in [-0.2, -0.15) is 0 Å². The minimum Gasteiger partial charge on any atom is -0.489 e. The molecule has 1 aromatic rings. The predicted octanol–water partition coefficient (Wildman–Crippen LogP) is 3.97. The number of halogens is 2. The highest BCUT2D eigenvalue weighted by Gasteiger charge is 2.21. The number of piperazine rings is 1. The summed E-state index contributed by atoms with van der Waals surface area (Å²) in [5.74, 6) is 0.427. The highest BCUT2D eigenvalue weighted by Crippen LogP contribution is 2.30. The molecule has 0 aliphatic carbocycles. The first-order valence-electron chi connectivity index (χ1n) is 9.27. The van der Waals surface area contributed by atoms with Crippen molar-refractivity contribution in [3.8, 4) is 5.75 Å². The molecule has 0 unspecified atom stereocenters. The summed E-state index contributed by atoms with van der Waals surface area (Å²) in [6.07, 6.45) is -1.83. The Labute approximate surface area is 179 Å². The molecule has 2 amide bonds. The van der Waals surface area contributed by atoms with Crippen molar-refractivity contribution in [3.63, 3.8) is 0 Å². The van der Waals surface area contributed by atoms with Crippen molar-refractivity contribution in [2.24, 2.45) is 9.98 Å². The molecule has 1 aromatic carbocycles. The van der Waals surface area contributed by atoms with Crippen LogP contribution in [0.1, 0.15) is 20.8 Å². The quantitative estimate of drug-likeness (QED) is 0.637. The molecular formula is C19H24ClFN4O5. The van der Waals surface area contributed by atoms with Crippen molar-refractivity contribution in [1.29, 1.82) is 0 Å². The van der Waals surface area contributed by atoms with Crippen LogP contribution in [-0.4, -0.2) is 68.3 Å². The SMILES string of the molecule is CC(C)(C)OC(=O)N=C=NC(=O)ON1CCN(c2ccc(OCCF)c(Cl)c2)CC1. The van der Waals surface area contributed by atoms with Crippen LogP contribution in [0.3, 0.4) is 0 Å². The average Bonchev–Trinajstić information content (AvgIpc) is 2.66. The Hall–Kier alpha value is -2.68. The summed E-state index contributed by atoms with van der Waals surface area (Å²) < 4.78 is 22.4. The third-order valence-corrected chi connectivity index (χ3v) is 4.03. The molecule has 164 valence electrons. The maximum atomic E-state index is 12.2. The second-order valence-corrected chi connectivity index (χ2v) is 7.64. The van der Waals surface area contributed by atoms with Crippen LogP contribution in [0.4, 0.5) is 19.7 Å². The number of nitrogens with zero attached hydrogens (tertiary/aromatic N) is 4. The molecule has 0 atom stereocenters. The lowest BCUT2D eigenvalue weighted by Gasteiger charge is -2.34. The van der Waals surface area contributed by atoms with Gasteiger partial charge in [-0.25, -0.2) is 14.0 Å². The van der Waals surface area contributed by atoms with E-state index in [-0.39, 0.29) is 6.61 Å².